The Balaban J connectivity index is 1.78. The Hall–Kier alpha value is -4.03. The van der Waals surface area contributed by atoms with Crippen LogP contribution in [0.1, 0.15) is 37.0 Å². The van der Waals surface area contributed by atoms with Gasteiger partial charge in [0.15, 0.2) is 0 Å². The molecule has 0 bridgehead atoms. The Kier molecular flexibility index (Phi) is 5.76. The lowest BCUT2D eigenvalue weighted by Gasteiger charge is -2.12. The first-order valence-electron chi connectivity index (χ1n) is 12.2. The molecular weight excluding hydrogens is 489 g/mol. The summed E-state index contributed by atoms with van der Waals surface area (Å²) in [4.78, 5) is 22.3. The average molecular weight is 512 g/mol. The molecule has 184 valence electrons. The number of nitrogens with zero attached hydrogens (tertiary/aromatic N) is 3. The molecule has 5 nitrogen and oxygen atoms in total. The van der Waals surface area contributed by atoms with Crippen molar-refractivity contribution in [2.24, 2.45) is 0 Å². The van der Waals surface area contributed by atoms with Crippen LogP contribution in [0, 0.1) is 5.82 Å². The van der Waals surface area contributed by atoms with Crippen LogP contribution in [0.5, 0.6) is 0 Å². The summed E-state index contributed by atoms with van der Waals surface area (Å²) in [6.45, 7) is 4.15. The third kappa shape index (κ3) is 3.71. The standard InChI is InChI=1S/C30H23ClFN3O2/c1-3-8-19-20(9-4-2)25-24(15-22(19)32)35(16-18-14-17-10-5-6-12-23(17)34-28(18)31)27-26(25)21-11-7-13-33-29(21)37-30(27)36/h3,5-8,10-15H,4,9,16H2,1-2H3/b8-3-. The molecule has 0 amide bonds. The third-order valence-electron chi connectivity index (χ3n) is 6.79. The van der Waals surface area contributed by atoms with Crippen molar-refractivity contribution >= 4 is 61.5 Å². The van der Waals surface area contributed by atoms with Gasteiger partial charge in [-0.15, -0.1) is 0 Å². The van der Waals surface area contributed by atoms with Crippen LogP contribution in [0.3, 0.4) is 0 Å². The fourth-order valence-electron chi connectivity index (χ4n) is 5.28. The van der Waals surface area contributed by atoms with Gasteiger partial charge >= 0.3 is 5.63 Å². The minimum atomic E-state index is -0.530. The molecule has 37 heavy (non-hydrogen) atoms. The van der Waals surface area contributed by atoms with Crippen LogP contribution < -0.4 is 5.63 Å². The summed E-state index contributed by atoms with van der Waals surface area (Å²) in [6, 6.07) is 14.9. The maximum atomic E-state index is 15.6. The number of halogens is 2. The van der Waals surface area contributed by atoms with Gasteiger partial charge in [0.05, 0.1) is 17.6 Å². The number of fused-ring (bicyclic) bond motifs is 6. The first-order valence-corrected chi connectivity index (χ1v) is 12.6. The highest BCUT2D eigenvalue weighted by molar-refractivity contribution is 6.30. The van der Waals surface area contributed by atoms with Crippen molar-refractivity contribution in [2.75, 3.05) is 0 Å². The predicted molar refractivity (Wildman–Crippen MR) is 148 cm³/mol. The van der Waals surface area contributed by atoms with E-state index in [0.29, 0.717) is 38.9 Å². The summed E-state index contributed by atoms with van der Waals surface area (Å²) in [6.07, 6.45) is 6.67. The Morgan fingerprint density at radius 1 is 1.14 bits per heavy atom. The lowest BCUT2D eigenvalue weighted by Crippen LogP contribution is -2.09. The Bertz CT molecular complexity index is 1940. The van der Waals surface area contributed by atoms with E-state index in [1.165, 1.54) is 6.07 Å². The molecule has 0 N–H and O–H groups in total. The SMILES string of the molecule is C/C=C\c1c(F)cc2c(c1CCC)c1c3cccnc3oc(=O)c1n2Cc1cc2ccccc2nc1Cl. The molecule has 0 aliphatic carbocycles. The summed E-state index contributed by atoms with van der Waals surface area (Å²) in [5, 5.41) is 3.52. The zero-order valence-electron chi connectivity index (χ0n) is 20.4. The van der Waals surface area contributed by atoms with Crippen LogP contribution in [0.15, 0.2) is 70.0 Å². The molecule has 0 aliphatic heterocycles. The second-order valence-corrected chi connectivity index (χ2v) is 9.44. The van der Waals surface area contributed by atoms with Crippen LogP contribution in [0.2, 0.25) is 5.15 Å². The van der Waals surface area contributed by atoms with Gasteiger partial charge in [0.25, 0.3) is 0 Å². The zero-order chi connectivity index (χ0) is 25.7. The van der Waals surface area contributed by atoms with Crippen LogP contribution in [-0.4, -0.2) is 14.5 Å². The average Bonchev–Trinajstić information content (AvgIpc) is 3.21. The first kappa shape index (κ1) is 23.4. The summed E-state index contributed by atoms with van der Waals surface area (Å²) in [5.74, 6) is -0.340. The van der Waals surface area contributed by atoms with Crippen LogP contribution in [-0.2, 0) is 13.0 Å². The monoisotopic (exact) mass is 511 g/mol. The number of aromatic nitrogens is 3. The minimum absolute atomic E-state index is 0.223. The van der Waals surface area contributed by atoms with Gasteiger partial charge in [-0.3, -0.25) is 0 Å². The maximum absolute atomic E-state index is 15.6. The third-order valence-corrected chi connectivity index (χ3v) is 7.11. The van der Waals surface area contributed by atoms with Gasteiger partial charge in [0, 0.05) is 38.9 Å². The van der Waals surface area contributed by atoms with Crippen molar-refractivity contribution in [2.45, 2.75) is 33.2 Å². The van der Waals surface area contributed by atoms with Gasteiger partial charge in [0.1, 0.15) is 16.5 Å². The van der Waals surface area contributed by atoms with E-state index in [4.69, 9.17) is 16.0 Å². The number of hydrogen-bond acceptors (Lipinski definition) is 4. The van der Waals surface area contributed by atoms with E-state index in [1.807, 2.05) is 60.0 Å². The molecule has 6 aromatic rings. The molecule has 0 aliphatic rings. The van der Waals surface area contributed by atoms with E-state index < -0.39 is 5.63 Å². The summed E-state index contributed by atoms with van der Waals surface area (Å²) in [7, 11) is 0. The number of rotatable bonds is 5. The number of benzene rings is 2. The van der Waals surface area contributed by atoms with Crippen molar-refractivity contribution in [3.05, 3.63) is 98.9 Å². The molecule has 2 aromatic carbocycles. The molecule has 6 rings (SSSR count). The number of para-hydroxylation sites is 1. The van der Waals surface area contributed by atoms with E-state index in [9.17, 15) is 4.79 Å². The van der Waals surface area contributed by atoms with Crippen molar-refractivity contribution in [1.29, 1.82) is 0 Å². The fourth-order valence-corrected chi connectivity index (χ4v) is 5.49. The van der Waals surface area contributed by atoms with Crippen LogP contribution in [0.25, 0.3) is 49.9 Å². The molecule has 0 saturated carbocycles. The second kappa shape index (κ2) is 9.12. The zero-order valence-corrected chi connectivity index (χ0v) is 21.1. The molecule has 0 radical (unpaired) electrons. The van der Waals surface area contributed by atoms with Gasteiger partial charge in [-0.25, -0.2) is 19.2 Å². The lowest BCUT2D eigenvalue weighted by molar-refractivity contribution is 0.553. The number of allylic oxidation sites excluding steroid dienone is 1. The van der Waals surface area contributed by atoms with Crippen molar-refractivity contribution < 1.29 is 8.81 Å². The summed E-state index contributed by atoms with van der Waals surface area (Å²) in [5.41, 5.74) is 3.58. The van der Waals surface area contributed by atoms with Crippen LogP contribution >= 0.6 is 11.6 Å². The summed E-state index contributed by atoms with van der Waals surface area (Å²) >= 11 is 6.62. The van der Waals surface area contributed by atoms with Crippen molar-refractivity contribution in [1.82, 2.24) is 14.5 Å². The van der Waals surface area contributed by atoms with Crippen molar-refractivity contribution in [3.8, 4) is 0 Å². The van der Waals surface area contributed by atoms with E-state index >= 15 is 4.39 Å². The molecule has 0 atom stereocenters. The lowest BCUT2D eigenvalue weighted by atomic mass is 9.95. The molecular formula is C30H23ClFN3O2. The van der Waals surface area contributed by atoms with E-state index in [2.05, 4.69) is 16.9 Å². The molecule has 0 unspecified atom stereocenters. The van der Waals surface area contributed by atoms with Crippen LogP contribution in [0.4, 0.5) is 4.39 Å². The second-order valence-electron chi connectivity index (χ2n) is 9.08. The van der Waals surface area contributed by atoms with Gasteiger partial charge in [-0.1, -0.05) is 55.3 Å². The van der Waals surface area contributed by atoms with Gasteiger partial charge < -0.3 is 8.98 Å². The summed E-state index contributed by atoms with van der Waals surface area (Å²) < 4.78 is 23.1. The highest BCUT2D eigenvalue weighted by Gasteiger charge is 2.24. The largest absolute Gasteiger partial charge is 0.402 e. The highest BCUT2D eigenvalue weighted by atomic mass is 35.5. The predicted octanol–water partition coefficient (Wildman–Crippen LogP) is 7.67. The topological polar surface area (TPSA) is 60.9 Å². The first-order chi connectivity index (χ1) is 18.0. The Morgan fingerprint density at radius 2 is 1.97 bits per heavy atom. The number of hydrogen-bond donors (Lipinski definition) is 0. The molecule has 7 heteroatoms. The van der Waals surface area contributed by atoms with E-state index in [0.717, 1.165) is 33.8 Å². The maximum Gasteiger partial charge on any atom is 0.362 e. The smallest absolute Gasteiger partial charge is 0.362 e. The molecule has 0 spiro atoms. The number of aryl methyl sites for hydroxylation is 1. The van der Waals surface area contributed by atoms with Gasteiger partial charge in [0.2, 0.25) is 5.71 Å². The fraction of sp³-hybridized carbons (Fsp3) is 0.167. The number of pyridine rings is 2. The van der Waals surface area contributed by atoms with E-state index in [1.54, 1.807) is 12.3 Å². The Labute approximate surface area is 216 Å². The van der Waals surface area contributed by atoms with Gasteiger partial charge in [-0.2, -0.15) is 0 Å². The molecule has 4 heterocycles. The van der Waals surface area contributed by atoms with Crippen molar-refractivity contribution in [3.63, 3.8) is 0 Å². The Morgan fingerprint density at radius 3 is 2.78 bits per heavy atom. The van der Waals surface area contributed by atoms with Gasteiger partial charge in [-0.05, 0) is 49.2 Å². The quantitative estimate of drug-likeness (QED) is 0.223. The normalized spacial score (nSPS) is 12.1. The van der Waals surface area contributed by atoms with E-state index in [-0.39, 0.29) is 18.1 Å². The molecule has 0 saturated heterocycles. The highest BCUT2D eigenvalue weighted by Crippen LogP contribution is 2.39. The molecule has 4 aromatic heterocycles. The molecule has 0 fully saturated rings. The minimum Gasteiger partial charge on any atom is -0.402 e.